The van der Waals surface area contributed by atoms with Gasteiger partial charge in [-0.3, -0.25) is 4.98 Å². The van der Waals surface area contributed by atoms with E-state index in [2.05, 4.69) is 30.9 Å². The number of anilines is 2. The van der Waals surface area contributed by atoms with Gasteiger partial charge >= 0.3 is 0 Å². The Hall–Kier alpha value is -2.81. The zero-order chi connectivity index (χ0) is 20.1. The molecule has 1 aromatic carbocycles. The summed E-state index contributed by atoms with van der Waals surface area (Å²) in [6.07, 6.45) is 3.48. The van der Waals surface area contributed by atoms with Crippen molar-refractivity contribution in [3.8, 4) is 10.6 Å². The molecule has 0 amide bonds. The van der Waals surface area contributed by atoms with Gasteiger partial charge in [-0.25, -0.2) is 9.97 Å². The second kappa shape index (κ2) is 9.13. The highest BCUT2D eigenvalue weighted by atomic mass is 35.5. The van der Waals surface area contributed by atoms with Crippen molar-refractivity contribution in [2.24, 2.45) is 0 Å². The average Bonchev–Trinajstić information content (AvgIpc) is 3.26. The summed E-state index contributed by atoms with van der Waals surface area (Å²) in [5.41, 5.74) is 2.72. The fourth-order valence-corrected chi connectivity index (χ4v) is 3.83. The second-order valence-corrected chi connectivity index (χ2v) is 7.86. The predicted molar refractivity (Wildman–Crippen MR) is 125 cm³/mol. The van der Waals surface area contributed by atoms with Crippen LogP contribution >= 0.6 is 35.2 Å². The highest BCUT2D eigenvalue weighted by molar-refractivity contribution is 7.80. The molecule has 0 aliphatic rings. The number of thiophene rings is 1. The maximum atomic E-state index is 6.04. The van der Waals surface area contributed by atoms with Crippen molar-refractivity contribution in [1.82, 2.24) is 20.3 Å². The van der Waals surface area contributed by atoms with Crippen molar-refractivity contribution in [2.45, 2.75) is 0 Å². The summed E-state index contributed by atoms with van der Waals surface area (Å²) in [5.74, 6) is 0.471. The molecule has 0 atom stereocenters. The van der Waals surface area contributed by atoms with E-state index in [0.717, 1.165) is 27.2 Å². The van der Waals surface area contributed by atoms with Crippen molar-refractivity contribution in [3.63, 3.8) is 0 Å². The molecular weight excluding hydrogens is 424 g/mol. The Morgan fingerprint density at radius 3 is 2.83 bits per heavy atom. The van der Waals surface area contributed by atoms with Crippen LogP contribution in [0.4, 0.5) is 11.6 Å². The average molecular weight is 441 g/mol. The molecule has 6 nitrogen and oxygen atoms in total. The Morgan fingerprint density at radius 2 is 1.97 bits per heavy atom. The zero-order valence-electron chi connectivity index (χ0n) is 15.2. The molecule has 0 aliphatic carbocycles. The molecule has 0 saturated heterocycles. The number of nitrogens with one attached hydrogen (secondary N) is 3. The number of hydrogen-bond acceptors (Lipinski definition) is 6. The van der Waals surface area contributed by atoms with E-state index in [9.17, 15) is 0 Å². The SMILES string of the molecule is S=C(NCCNc1ccnc2cc(Cl)ccc12)Nc1nccc(-c2cccs2)n1. The molecule has 3 heterocycles. The molecule has 9 heteroatoms. The van der Waals surface area contributed by atoms with Gasteiger partial charge < -0.3 is 16.0 Å². The minimum absolute atomic E-state index is 0.471. The highest BCUT2D eigenvalue weighted by Crippen LogP contribution is 2.24. The molecule has 0 radical (unpaired) electrons. The molecule has 4 aromatic rings. The summed E-state index contributed by atoms with van der Waals surface area (Å²) in [6.45, 7) is 1.31. The van der Waals surface area contributed by atoms with Crippen LogP contribution in [0.1, 0.15) is 0 Å². The third-order valence-electron chi connectivity index (χ3n) is 4.09. The summed E-state index contributed by atoms with van der Waals surface area (Å²) in [6, 6.07) is 13.5. The number of pyridine rings is 1. The molecule has 29 heavy (non-hydrogen) atoms. The Labute approximate surface area is 182 Å². The van der Waals surface area contributed by atoms with Crippen LogP contribution in [0.5, 0.6) is 0 Å². The minimum Gasteiger partial charge on any atom is -0.383 e. The fourth-order valence-electron chi connectivity index (χ4n) is 2.77. The van der Waals surface area contributed by atoms with Crippen LogP contribution in [0.15, 0.2) is 60.2 Å². The Balaban J connectivity index is 1.29. The normalized spacial score (nSPS) is 10.7. The quantitative estimate of drug-likeness (QED) is 0.293. The third-order valence-corrected chi connectivity index (χ3v) is 5.46. The lowest BCUT2D eigenvalue weighted by Crippen LogP contribution is -2.33. The molecule has 0 spiro atoms. The molecule has 0 bridgehead atoms. The van der Waals surface area contributed by atoms with Crippen molar-refractivity contribution >= 4 is 62.8 Å². The molecule has 0 aliphatic heterocycles. The molecule has 3 N–H and O–H groups in total. The number of halogens is 1. The molecule has 146 valence electrons. The first kappa shape index (κ1) is 19.5. The van der Waals surface area contributed by atoms with E-state index in [1.54, 1.807) is 23.7 Å². The first-order valence-electron chi connectivity index (χ1n) is 8.89. The van der Waals surface area contributed by atoms with E-state index in [-0.39, 0.29) is 0 Å². The smallest absolute Gasteiger partial charge is 0.229 e. The second-order valence-electron chi connectivity index (χ2n) is 6.07. The number of fused-ring (bicyclic) bond motifs is 1. The highest BCUT2D eigenvalue weighted by Gasteiger charge is 2.05. The summed E-state index contributed by atoms with van der Waals surface area (Å²) >= 11 is 13.0. The summed E-state index contributed by atoms with van der Waals surface area (Å²) in [7, 11) is 0. The van der Waals surface area contributed by atoms with Gasteiger partial charge in [0, 0.05) is 41.6 Å². The van der Waals surface area contributed by atoms with E-state index in [1.807, 2.05) is 47.8 Å². The van der Waals surface area contributed by atoms with Crippen LogP contribution in [-0.2, 0) is 0 Å². The van der Waals surface area contributed by atoms with Crippen molar-refractivity contribution in [1.29, 1.82) is 0 Å². The largest absolute Gasteiger partial charge is 0.383 e. The van der Waals surface area contributed by atoms with Gasteiger partial charge in [-0.05, 0) is 54.0 Å². The number of rotatable bonds is 6. The lowest BCUT2D eigenvalue weighted by molar-refractivity contribution is 0.914. The minimum atomic E-state index is 0.471. The Morgan fingerprint density at radius 1 is 1.07 bits per heavy atom. The van der Waals surface area contributed by atoms with Crippen LogP contribution in [0.2, 0.25) is 5.02 Å². The van der Waals surface area contributed by atoms with Crippen molar-refractivity contribution in [3.05, 3.63) is 65.3 Å². The Kier molecular flexibility index (Phi) is 6.14. The van der Waals surface area contributed by atoms with Crippen molar-refractivity contribution < 1.29 is 0 Å². The zero-order valence-corrected chi connectivity index (χ0v) is 17.6. The maximum Gasteiger partial charge on any atom is 0.229 e. The van der Waals surface area contributed by atoms with Crippen LogP contribution in [-0.4, -0.2) is 33.2 Å². The number of benzene rings is 1. The molecule has 0 saturated carbocycles. The van der Waals surface area contributed by atoms with E-state index in [1.165, 1.54) is 0 Å². The van der Waals surface area contributed by atoms with E-state index in [4.69, 9.17) is 23.8 Å². The van der Waals surface area contributed by atoms with Crippen LogP contribution in [0.3, 0.4) is 0 Å². The van der Waals surface area contributed by atoms with Gasteiger partial charge in [0.25, 0.3) is 0 Å². The number of nitrogens with zero attached hydrogens (tertiary/aromatic N) is 3. The fraction of sp³-hybridized carbons (Fsp3) is 0.100. The predicted octanol–water partition coefficient (Wildman–Crippen LogP) is 4.81. The number of hydrogen-bond donors (Lipinski definition) is 3. The van der Waals surface area contributed by atoms with Gasteiger partial charge in [0.05, 0.1) is 16.1 Å². The van der Waals surface area contributed by atoms with Gasteiger partial charge in [0.1, 0.15) is 0 Å². The lowest BCUT2D eigenvalue weighted by atomic mass is 10.2. The van der Waals surface area contributed by atoms with Crippen molar-refractivity contribution in [2.75, 3.05) is 23.7 Å². The van der Waals surface area contributed by atoms with Crippen LogP contribution in [0, 0.1) is 0 Å². The summed E-state index contributed by atoms with van der Waals surface area (Å²) in [5, 5.41) is 13.8. The van der Waals surface area contributed by atoms with E-state index in [0.29, 0.717) is 29.2 Å². The standard InChI is InChI=1S/C20H17ClN6S2/c21-13-3-4-14-15(5-7-22-17(14)12-13)23-9-10-25-20(28)27-19-24-8-6-16(26-19)18-2-1-11-29-18/h1-8,11-12H,9-10H2,(H,22,23)(H2,24,25,26,27,28). The van der Waals surface area contributed by atoms with Crippen LogP contribution < -0.4 is 16.0 Å². The monoisotopic (exact) mass is 440 g/mol. The Bertz CT molecular complexity index is 1130. The van der Waals surface area contributed by atoms with E-state index >= 15 is 0 Å². The van der Waals surface area contributed by atoms with Gasteiger partial charge in [0.15, 0.2) is 5.11 Å². The first-order valence-corrected chi connectivity index (χ1v) is 10.6. The third kappa shape index (κ3) is 4.97. The van der Waals surface area contributed by atoms with Gasteiger partial charge in [-0.1, -0.05) is 17.7 Å². The number of aromatic nitrogens is 3. The molecule has 3 aromatic heterocycles. The topological polar surface area (TPSA) is 74.8 Å². The summed E-state index contributed by atoms with van der Waals surface area (Å²) in [4.78, 5) is 14.2. The molecule has 4 rings (SSSR count). The lowest BCUT2D eigenvalue weighted by Gasteiger charge is -2.12. The molecule has 0 unspecified atom stereocenters. The first-order chi connectivity index (χ1) is 14.2. The number of thiocarbonyl (C=S) groups is 1. The molecular formula is C20H17ClN6S2. The molecule has 0 fully saturated rings. The summed E-state index contributed by atoms with van der Waals surface area (Å²) < 4.78 is 0. The van der Waals surface area contributed by atoms with Gasteiger partial charge in [0.2, 0.25) is 5.95 Å². The maximum absolute atomic E-state index is 6.04. The van der Waals surface area contributed by atoms with E-state index < -0.39 is 0 Å². The van der Waals surface area contributed by atoms with Gasteiger partial charge in [-0.2, -0.15) is 0 Å². The van der Waals surface area contributed by atoms with Gasteiger partial charge in [-0.15, -0.1) is 11.3 Å². The van der Waals surface area contributed by atoms with Crippen LogP contribution in [0.25, 0.3) is 21.5 Å².